The predicted molar refractivity (Wildman–Crippen MR) is 70.7 cm³/mol. The summed E-state index contributed by atoms with van der Waals surface area (Å²) in [5.41, 5.74) is 0.923. The molecule has 0 saturated heterocycles. The van der Waals surface area contributed by atoms with Crippen molar-refractivity contribution >= 4 is 18.6 Å². The summed E-state index contributed by atoms with van der Waals surface area (Å²) in [6.45, 7) is 2.73. The van der Waals surface area contributed by atoms with Crippen molar-refractivity contribution in [2.24, 2.45) is 5.92 Å². The summed E-state index contributed by atoms with van der Waals surface area (Å²) < 4.78 is 10.2. The van der Waals surface area contributed by atoms with Crippen LogP contribution in [0.3, 0.4) is 0 Å². The van der Waals surface area contributed by atoms with Gasteiger partial charge in [0.2, 0.25) is 0 Å². The van der Waals surface area contributed by atoms with Gasteiger partial charge in [0, 0.05) is 0 Å². The number of rotatable bonds is 6. The van der Waals surface area contributed by atoms with E-state index in [1.807, 2.05) is 24.3 Å². The first-order chi connectivity index (χ1) is 8.15. The minimum atomic E-state index is -0.234. The third-order valence-corrected chi connectivity index (χ3v) is 2.97. The molecule has 0 saturated carbocycles. The fourth-order valence-corrected chi connectivity index (χ4v) is 1.34. The molecule has 0 radical (unpaired) electrons. The predicted octanol–water partition coefficient (Wildman–Crippen LogP) is 2.35. The molecule has 3 nitrogen and oxygen atoms in total. The number of ether oxygens (including phenoxy) is 2. The van der Waals surface area contributed by atoms with Gasteiger partial charge in [-0.15, -0.1) is 0 Å². The third kappa shape index (κ3) is 5.13. The largest absolute Gasteiger partial charge is 0.493 e. The van der Waals surface area contributed by atoms with Gasteiger partial charge in [0.1, 0.15) is 5.75 Å². The van der Waals surface area contributed by atoms with E-state index >= 15 is 0 Å². The molecule has 0 fully saturated rings. The Morgan fingerprint density at radius 3 is 2.53 bits per heavy atom. The number of carbonyl (C=O) groups excluding carboxylic acids is 1. The van der Waals surface area contributed by atoms with Crippen molar-refractivity contribution in [2.45, 2.75) is 13.3 Å². The average Bonchev–Trinajstić information content (AvgIpc) is 2.37. The van der Waals surface area contributed by atoms with E-state index < -0.39 is 0 Å². The van der Waals surface area contributed by atoms with Gasteiger partial charge in [0.25, 0.3) is 0 Å². The zero-order valence-corrected chi connectivity index (χ0v) is 11.1. The van der Waals surface area contributed by atoms with Gasteiger partial charge in [-0.05, 0) is 29.4 Å². The second-order valence-electron chi connectivity index (χ2n) is 4.00. The van der Waals surface area contributed by atoms with Gasteiger partial charge >= 0.3 is 5.97 Å². The molecule has 0 aromatic heterocycles. The van der Waals surface area contributed by atoms with Crippen LogP contribution >= 0.6 is 12.6 Å². The lowest BCUT2D eigenvalue weighted by Crippen LogP contribution is -2.09. The minimum Gasteiger partial charge on any atom is -0.493 e. The van der Waals surface area contributed by atoms with Gasteiger partial charge in [0.05, 0.1) is 20.1 Å². The molecule has 4 heteroatoms. The van der Waals surface area contributed by atoms with Crippen LogP contribution in [0.25, 0.3) is 0 Å². The monoisotopic (exact) mass is 254 g/mol. The van der Waals surface area contributed by atoms with Gasteiger partial charge < -0.3 is 9.47 Å². The molecule has 0 spiro atoms. The molecule has 1 aromatic carbocycles. The SMILES string of the molecule is COC(=O)Cc1ccc(OCC(C)CS)cc1. The van der Waals surface area contributed by atoms with Crippen LogP contribution in [0.4, 0.5) is 0 Å². The zero-order valence-electron chi connectivity index (χ0n) is 10.2. The number of hydrogen-bond donors (Lipinski definition) is 1. The van der Waals surface area contributed by atoms with Gasteiger partial charge in [-0.25, -0.2) is 0 Å². The lowest BCUT2D eigenvalue weighted by molar-refractivity contribution is -0.139. The van der Waals surface area contributed by atoms with Crippen molar-refractivity contribution in [1.82, 2.24) is 0 Å². The minimum absolute atomic E-state index is 0.234. The summed E-state index contributed by atoms with van der Waals surface area (Å²) in [4.78, 5) is 11.1. The molecule has 1 atom stereocenters. The number of hydrogen-bond acceptors (Lipinski definition) is 4. The summed E-state index contributed by atoms with van der Waals surface area (Å²) in [5, 5.41) is 0. The zero-order chi connectivity index (χ0) is 12.7. The molecule has 1 unspecified atom stereocenters. The van der Waals surface area contributed by atoms with E-state index in [1.165, 1.54) is 7.11 Å². The van der Waals surface area contributed by atoms with Crippen LogP contribution in [0, 0.1) is 5.92 Å². The molecule has 0 aliphatic rings. The Hall–Kier alpha value is -1.16. The van der Waals surface area contributed by atoms with Crippen LogP contribution in [0.2, 0.25) is 0 Å². The molecule has 1 rings (SSSR count). The van der Waals surface area contributed by atoms with Crippen LogP contribution in [-0.2, 0) is 16.0 Å². The maximum absolute atomic E-state index is 11.1. The summed E-state index contributed by atoms with van der Waals surface area (Å²) in [6.07, 6.45) is 0.295. The lowest BCUT2D eigenvalue weighted by Gasteiger charge is -2.10. The second kappa shape index (κ2) is 7.22. The van der Waals surface area contributed by atoms with E-state index in [-0.39, 0.29) is 5.97 Å². The van der Waals surface area contributed by atoms with Crippen molar-refractivity contribution in [1.29, 1.82) is 0 Å². The molecule has 0 amide bonds. The maximum Gasteiger partial charge on any atom is 0.309 e. The number of methoxy groups -OCH3 is 1. The van der Waals surface area contributed by atoms with Crippen LogP contribution in [0.5, 0.6) is 5.75 Å². The molecular weight excluding hydrogens is 236 g/mol. The smallest absolute Gasteiger partial charge is 0.309 e. The molecule has 0 aliphatic carbocycles. The van der Waals surface area contributed by atoms with E-state index in [9.17, 15) is 4.79 Å². The van der Waals surface area contributed by atoms with Crippen molar-refractivity contribution in [3.05, 3.63) is 29.8 Å². The molecule has 1 aromatic rings. The molecule has 94 valence electrons. The highest BCUT2D eigenvalue weighted by Crippen LogP contribution is 2.14. The molecule has 0 aliphatic heterocycles. The van der Waals surface area contributed by atoms with Crippen molar-refractivity contribution in [2.75, 3.05) is 19.5 Å². The van der Waals surface area contributed by atoms with E-state index in [4.69, 9.17) is 4.74 Å². The van der Waals surface area contributed by atoms with Crippen LogP contribution < -0.4 is 4.74 Å². The van der Waals surface area contributed by atoms with Crippen LogP contribution in [0.15, 0.2) is 24.3 Å². The highest BCUT2D eigenvalue weighted by molar-refractivity contribution is 7.80. The Kier molecular flexibility index (Phi) is 5.91. The summed E-state index contributed by atoms with van der Waals surface area (Å²) >= 11 is 4.20. The number of carbonyl (C=O) groups is 1. The molecular formula is C13H18O3S. The van der Waals surface area contributed by atoms with Crippen molar-refractivity contribution in [3.8, 4) is 5.75 Å². The van der Waals surface area contributed by atoms with Crippen molar-refractivity contribution < 1.29 is 14.3 Å². The first kappa shape index (κ1) is 13.9. The van der Waals surface area contributed by atoms with Crippen molar-refractivity contribution in [3.63, 3.8) is 0 Å². The first-order valence-electron chi connectivity index (χ1n) is 5.55. The first-order valence-corrected chi connectivity index (χ1v) is 6.18. The van der Waals surface area contributed by atoms with Gasteiger partial charge in [-0.2, -0.15) is 12.6 Å². The third-order valence-electron chi connectivity index (χ3n) is 2.35. The molecule has 0 bridgehead atoms. The Morgan fingerprint density at radius 1 is 1.35 bits per heavy atom. The number of thiol groups is 1. The normalized spacial score (nSPS) is 11.9. The van der Waals surface area contributed by atoms with Gasteiger partial charge in [-0.3, -0.25) is 4.79 Å². The average molecular weight is 254 g/mol. The lowest BCUT2D eigenvalue weighted by atomic mass is 10.1. The maximum atomic E-state index is 11.1. The Bertz CT molecular complexity index is 348. The fraction of sp³-hybridized carbons (Fsp3) is 0.462. The Morgan fingerprint density at radius 2 is 2.00 bits per heavy atom. The second-order valence-corrected chi connectivity index (χ2v) is 4.36. The Labute approximate surface area is 108 Å². The molecule has 0 heterocycles. The van der Waals surface area contributed by atoms with Gasteiger partial charge in [-0.1, -0.05) is 19.1 Å². The fourth-order valence-electron chi connectivity index (χ4n) is 1.23. The highest BCUT2D eigenvalue weighted by atomic mass is 32.1. The molecule has 17 heavy (non-hydrogen) atoms. The standard InChI is InChI=1S/C13H18O3S/c1-10(9-17)8-16-12-5-3-11(4-6-12)7-13(14)15-2/h3-6,10,17H,7-9H2,1-2H3. The summed E-state index contributed by atoms with van der Waals surface area (Å²) in [5.74, 6) is 1.81. The van der Waals surface area contributed by atoms with E-state index in [2.05, 4.69) is 24.3 Å². The number of benzene rings is 1. The van der Waals surface area contributed by atoms with Crippen LogP contribution in [-0.4, -0.2) is 25.4 Å². The number of esters is 1. The van der Waals surface area contributed by atoms with E-state index in [0.29, 0.717) is 18.9 Å². The van der Waals surface area contributed by atoms with Gasteiger partial charge in [0.15, 0.2) is 0 Å². The topological polar surface area (TPSA) is 35.5 Å². The quantitative estimate of drug-likeness (QED) is 0.625. The summed E-state index contributed by atoms with van der Waals surface area (Å²) in [6, 6.07) is 7.47. The molecule has 0 N–H and O–H groups in total. The van der Waals surface area contributed by atoms with E-state index in [0.717, 1.165) is 17.1 Å². The Balaban J connectivity index is 2.47. The van der Waals surface area contributed by atoms with Crippen LogP contribution in [0.1, 0.15) is 12.5 Å². The summed E-state index contributed by atoms with van der Waals surface area (Å²) in [7, 11) is 1.39. The highest BCUT2D eigenvalue weighted by Gasteiger charge is 2.04. The van der Waals surface area contributed by atoms with E-state index in [1.54, 1.807) is 0 Å².